The number of thioether (sulfide) groups is 1. The predicted octanol–water partition coefficient (Wildman–Crippen LogP) is 3.59. The lowest BCUT2D eigenvalue weighted by molar-refractivity contribution is -0.133. The van der Waals surface area contributed by atoms with Crippen molar-refractivity contribution in [3.8, 4) is 0 Å². The van der Waals surface area contributed by atoms with Crippen LogP contribution in [0.4, 0.5) is 4.39 Å². The second-order valence-electron chi connectivity index (χ2n) is 8.28. The van der Waals surface area contributed by atoms with E-state index in [1.54, 1.807) is 11.8 Å². The van der Waals surface area contributed by atoms with Crippen molar-refractivity contribution >= 4 is 17.7 Å². The van der Waals surface area contributed by atoms with Crippen LogP contribution in [0.15, 0.2) is 36.7 Å². The van der Waals surface area contributed by atoms with Crippen LogP contribution in [0.1, 0.15) is 30.4 Å². The van der Waals surface area contributed by atoms with Crippen LogP contribution in [0.2, 0.25) is 0 Å². The number of nitrogens with zero attached hydrogens (tertiary/aromatic N) is 4. The van der Waals surface area contributed by atoms with Gasteiger partial charge in [-0.1, -0.05) is 12.1 Å². The Hall–Kier alpha value is -1.86. The molecular formula is C23H33FN4OS. The smallest absolute Gasteiger partial charge is 0.223 e. The third-order valence-electron chi connectivity index (χ3n) is 6.11. The molecule has 1 aromatic carbocycles. The van der Waals surface area contributed by atoms with Gasteiger partial charge in [-0.3, -0.25) is 14.4 Å². The number of piperidine rings is 1. The van der Waals surface area contributed by atoms with Crippen LogP contribution in [-0.4, -0.2) is 63.7 Å². The number of hydrogen-bond acceptors (Lipinski definition) is 4. The van der Waals surface area contributed by atoms with Gasteiger partial charge in [0, 0.05) is 50.6 Å². The molecule has 0 saturated carbocycles. The Morgan fingerprint density at radius 1 is 1.27 bits per heavy atom. The van der Waals surface area contributed by atoms with Gasteiger partial charge >= 0.3 is 0 Å². The molecule has 7 heteroatoms. The van der Waals surface area contributed by atoms with Gasteiger partial charge in [-0.05, 0) is 62.2 Å². The SMILES string of the molecule is CSCCC(=O)N(C)C(Cc1ccc(F)cc1)C1CCN(Cc2cnn(C)c2)CC1. The lowest BCUT2D eigenvalue weighted by Gasteiger charge is -2.40. The van der Waals surface area contributed by atoms with Gasteiger partial charge in [-0.15, -0.1) is 0 Å². The summed E-state index contributed by atoms with van der Waals surface area (Å²) in [7, 11) is 3.89. The summed E-state index contributed by atoms with van der Waals surface area (Å²) >= 11 is 1.70. The van der Waals surface area contributed by atoms with Gasteiger partial charge in [0.2, 0.25) is 5.91 Å². The number of likely N-dealkylation sites (N-methyl/N-ethyl adjacent to an activating group) is 1. The van der Waals surface area contributed by atoms with Crippen LogP contribution in [-0.2, 0) is 24.8 Å². The van der Waals surface area contributed by atoms with Crippen LogP contribution in [0.5, 0.6) is 0 Å². The van der Waals surface area contributed by atoms with Crippen molar-refractivity contribution in [1.29, 1.82) is 0 Å². The fraction of sp³-hybridized carbons (Fsp3) is 0.565. The summed E-state index contributed by atoms with van der Waals surface area (Å²) < 4.78 is 15.2. The Bertz CT molecular complexity index is 802. The van der Waals surface area contributed by atoms with Gasteiger partial charge in [-0.2, -0.15) is 16.9 Å². The molecule has 1 unspecified atom stereocenters. The predicted molar refractivity (Wildman–Crippen MR) is 121 cm³/mol. The summed E-state index contributed by atoms with van der Waals surface area (Å²) in [6.45, 7) is 2.96. The van der Waals surface area contributed by atoms with Crippen molar-refractivity contribution < 1.29 is 9.18 Å². The number of benzene rings is 1. The number of hydrogen-bond donors (Lipinski definition) is 0. The molecule has 5 nitrogen and oxygen atoms in total. The normalized spacial score (nSPS) is 16.5. The highest BCUT2D eigenvalue weighted by atomic mass is 32.2. The lowest BCUT2D eigenvalue weighted by Crippen LogP contribution is -2.47. The molecule has 0 radical (unpaired) electrons. The number of likely N-dealkylation sites (tertiary alicyclic amines) is 1. The first-order chi connectivity index (χ1) is 14.5. The van der Waals surface area contributed by atoms with E-state index in [1.807, 2.05) is 48.3 Å². The molecule has 1 aromatic heterocycles. The second kappa shape index (κ2) is 11.0. The summed E-state index contributed by atoms with van der Waals surface area (Å²) in [6, 6.07) is 6.86. The highest BCUT2D eigenvalue weighted by Gasteiger charge is 2.31. The Labute approximate surface area is 183 Å². The Morgan fingerprint density at radius 3 is 2.57 bits per heavy atom. The molecule has 3 rings (SSSR count). The summed E-state index contributed by atoms with van der Waals surface area (Å²) in [6.07, 6.45) is 9.50. The van der Waals surface area contributed by atoms with E-state index < -0.39 is 0 Å². The Balaban J connectivity index is 1.65. The van der Waals surface area contributed by atoms with E-state index in [9.17, 15) is 9.18 Å². The van der Waals surface area contributed by atoms with Gasteiger partial charge in [0.15, 0.2) is 0 Å². The van der Waals surface area contributed by atoms with E-state index in [1.165, 1.54) is 17.7 Å². The molecular weight excluding hydrogens is 399 g/mol. The van der Waals surface area contributed by atoms with Crippen molar-refractivity contribution in [2.24, 2.45) is 13.0 Å². The third-order valence-corrected chi connectivity index (χ3v) is 6.72. The minimum absolute atomic E-state index is 0.144. The molecule has 0 aliphatic carbocycles. The number of aromatic nitrogens is 2. The molecule has 1 amide bonds. The monoisotopic (exact) mass is 432 g/mol. The molecule has 1 aliphatic heterocycles. The fourth-order valence-electron chi connectivity index (χ4n) is 4.34. The minimum Gasteiger partial charge on any atom is -0.342 e. The Kier molecular flexibility index (Phi) is 8.33. The maximum atomic E-state index is 13.4. The molecule has 1 fully saturated rings. The van der Waals surface area contributed by atoms with Crippen molar-refractivity contribution in [1.82, 2.24) is 19.6 Å². The highest BCUT2D eigenvalue weighted by molar-refractivity contribution is 7.98. The molecule has 0 spiro atoms. The maximum absolute atomic E-state index is 13.4. The molecule has 1 aliphatic rings. The van der Waals surface area contributed by atoms with E-state index in [2.05, 4.69) is 16.2 Å². The third kappa shape index (κ3) is 6.32. The van der Waals surface area contributed by atoms with E-state index >= 15 is 0 Å². The number of rotatable bonds is 9. The number of amides is 1. The lowest BCUT2D eigenvalue weighted by atomic mass is 9.84. The largest absolute Gasteiger partial charge is 0.342 e. The van der Waals surface area contributed by atoms with E-state index in [0.29, 0.717) is 12.3 Å². The Morgan fingerprint density at radius 2 is 1.97 bits per heavy atom. The summed E-state index contributed by atoms with van der Waals surface area (Å²) in [5, 5.41) is 4.26. The first-order valence-electron chi connectivity index (χ1n) is 10.6. The van der Waals surface area contributed by atoms with Crippen molar-refractivity contribution in [3.05, 3.63) is 53.6 Å². The van der Waals surface area contributed by atoms with Gasteiger partial charge in [-0.25, -0.2) is 4.39 Å². The standard InChI is InChI=1S/C23H33FN4OS/c1-26-16-19(15-25-26)17-28-11-8-20(9-12-28)22(27(2)23(29)10-13-30-3)14-18-4-6-21(24)7-5-18/h4-7,15-16,20,22H,8-14,17H2,1-3H3. The molecule has 2 aromatic rings. The zero-order valence-electron chi connectivity index (χ0n) is 18.3. The van der Waals surface area contributed by atoms with Crippen molar-refractivity contribution in [3.63, 3.8) is 0 Å². The number of carbonyl (C=O) groups is 1. The van der Waals surface area contributed by atoms with Gasteiger partial charge in [0.1, 0.15) is 5.82 Å². The highest BCUT2D eigenvalue weighted by Crippen LogP contribution is 2.27. The molecule has 1 saturated heterocycles. The van der Waals surface area contributed by atoms with E-state index in [4.69, 9.17) is 0 Å². The number of aryl methyl sites for hydroxylation is 1. The number of halogens is 1. The molecule has 1 atom stereocenters. The maximum Gasteiger partial charge on any atom is 0.223 e. The first kappa shape index (κ1) is 22.8. The summed E-state index contributed by atoms with van der Waals surface area (Å²) in [4.78, 5) is 17.2. The summed E-state index contributed by atoms with van der Waals surface area (Å²) in [5.41, 5.74) is 2.33. The number of carbonyl (C=O) groups excluding carboxylic acids is 1. The van der Waals surface area contributed by atoms with Crippen LogP contribution in [0.3, 0.4) is 0 Å². The van der Waals surface area contributed by atoms with Crippen LogP contribution in [0.25, 0.3) is 0 Å². The summed E-state index contributed by atoms with van der Waals surface area (Å²) in [5.74, 6) is 1.27. The van der Waals surface area contributed by atoms with Crippen LogP contribution >= 0.6 is 11.8 Å². The molecule has 0 N–H and O–H groups in total. The average molecular weight is 433 g/mol. The van der Waals surface area contributed by atoms with Crippen molar-refractivity contribution in [2.45, 2.75) is 38.3 Å². The van der Waals surface area contributed by atoms with E-state index in [-0.39, 0.29) is 17.8 Å². The molecule has 2 heterocycles. The fourth-order valence-corrected chi connectivity index (χ4v) is 4.72. The zero-order valence-corrected chi connectivity index (χ0v) is 19.1. The van der Waals surface area contributed by atoms with Gasteiger partial charge < -0.3 is 4.90 Å². The quantitative estimate of drug-likeness (QED) is 0.607. The first-order valence-corrected chi connectivity index (χ1v) is 12.0. The molecule has 30 heavy (non-hydrogen) atoms. The zero-order chi connectivity index (χ0) is 21.5. The van der Waals surface area contributed by atoms with Crippen molar-refractivity contribution in [2.75, 3.05) is 32.1 Å². The molecule has 0 bridgehead atoms. The van der Waals surface area contributed by atoms with Gasteiger partial charge in [0.25, 0.3) is 0 Å². The second-order valence-corrected chi connectivity index (χ2v) is 9.27. The minimum atomic E-state index is -0.219. The topological polar surface area (TPSA) is 41.4 Å². The average Bonchev–Trinajstić information content (AvgIpc) is 3.16. The molecule has 164 valence electrons. The van der Waals surface area contributed by atoms with E-state index in [0.717, 1.165) is 50.2 Å². The van der Waals surface area contributed by atoms with Gasteiger partial charge in [0.05, 0.1) is 6.20 Å². The van der Waals surface area contributed by atoms with Crippen LogP contribution in [0, 0.1) is 11.7 Å². The van der Waals surface area contributed by atoms with Crippen LogP contribution < -0.4 is 0 Å².